The molecule has 1 aliphatic heterocycles. The summed E-state index contributed by atoms with van der Waals surface area (Å²) in [5.41, 5.74) is 24.8. The fourth-order valence-electron chi connectivity index (χ4n) is 13.4. The highest BCUT2D eigenvalue weighted by atomic mass is 79.9. The number of anilines is 4. The predicted octanol–water partition coefficient (Wildman–Crippen LogP) is 9.68. The third kappa shape index (κ3) is 16.6. The summed E-state index contributed by atoms with van der Waals surface area (Å²) in [5, 5.41) is 38.1. The molecule has 1 amide bonds. The Labute approximate surface area is 693 Å². The number of halogens is 1. The molecule has 4 atom stereocenters. The summed E-state index contributed by atoms with van der Waals surface area (Å²) < 4.78 is 65.9. The molecule has 0 saturated carbocycles. The lowest BCUT2D eigenvalue weighted by molar-refractivity contribution is -0.143. The smallest absolute Gasteiger partial charge is 0.335 e. The zero-order valence-corrected chi connectivity index (χ0v) is 67.2. The van der Waals surface area contributed by atoms with Crippen LogP contribution in [0.15, 0.2) is 208 Å². The van der Waals surface area contributed by atoms with Gasteiger partial charge in [0.05, 0.1) is 103 Å². The molecular formula is C81H76BrN23O16. The fraction of sp³-hybridized carbons (Fsp3) is 0.210. The number of esters is 2. The summed E-state index contributed by atoms with van der Waals surface area (Å²) in [4.78, 5) is 81.2. The Morgan fingerprint density at radius 1 is 0.421 bits per heavy atom. The average molecular weight is 1710 g/mol. The fourth-order valence-corrected chi connectivity index (χ4v) is 13.9. The number of carbonyl (C=O) groups excluding carboxylic acids is 3. The van der Waals surface area contributed by atoms with E-state index in [1.165, 1.54) is 63.0 Å². The van der Waals surface area contributed by atoms with Gasteiger partial charge in [-0.1, -0.05) is 64.5 Å². The second-order valence-electron chi connectivity index (χ2n) is 26.5. The van der Waals surface area contributed by atoms with Gasteiger partial charge in [-0.2, -0.15) is 43.8 Å². The number of nitrogens with two attached hydrogens (primary N) is 3. The van der Waals surface area contributed by atoms with Crippen molar-refractivity contribution in [3.05, 3.63) is 217 Å². The van der Waals surface area contributed by atoms with Gasteiger partial charge in [-0.05, 0) is 131 Å². The third-order valence-electron chi connectivity index (χ3n) is 19.5. The number of nitrogen functional groups attached to an aromatic ring is 3. The summed E-state index contributed by atoms with van der Waals surface area (Å²) >= 11 is 3.24. The number of carboxylic acid groups (broad SMARTS) is 1. The molecular weight excluding hydrogens is 1630 g/mol. The molecule has 12 aromatic heterocycles. The summed E-state index contributed by atoms with van der Waals surface area (Å²) in [6.07, 6.45) is 9.31. The van der Waals surface area contributed by atoms with E-state index in [0.717, 1.165) is 28.3 Å². The van der Waals surface area contributed by atoms with Gasteiger partial charge in [0.1, 0.15) is 40.2 Å². The average Bonchev–Trinajstić information content (AvgIpc) is 1.61. The number of amides is 1. The number of fused-ring (bicyclic) bond motifs is 9. The number of carbonyl (C=O) groups is 4. The van der Waals surface area contributed by atoms with Gasteiger partial charge in [-0.3, -0.25) is 9.59 Å². The minimum atomic E-state index is -1.12. The van der Waals surface area contributed by atoms with Crippen molar-refractivity contribution in [2.45, 2.75) is 23.0 Å². The molecule has 121 heavy (non-hydrogen) atoms. The minimum absolute atomic E-state index is 0.0448. The number of aliphatic carboxylic acids is 1. The van der Waals surface area contributed by atoms with Gasteiger partial charge in [0, 0.05) is 39.0 Å². The van der Waals surface area contributed by atoms with Crippen LogP contribution in [-0.2, 0) is 33.4 Å². The van der Waals surface area contributed by atoms with E-state index in [-0.39, 0.29) is 35.4 Å². The number of rotatable bonds is 23. The van der Waals surface area contributed by atoms with Crippen molar-refractivity contribution >= 4 is 113 Å². The number of alkyl halides is 1. The molecule has 13 heterocycles. The van der Waals surface area contributed by atoms with E-state index in [1.807, 2.05) is 65.6 Å². The van der Waals surface area contributed by atoms with Gasteiger partial charge < -0.3 is 83.3 Å². The largest absolute Gasteiger partial charge is 0.497 e. The summed E-state index contributed by atoms with van der Waals surface area (Å²) in [6, 6.07) is 44.0. The molecule has 0 bridgehead atoms. The van der Waals surface area contributed by atoms with Crippen molar-refractivity contribution in [2.75, 3.05) is 111 Å². The van der Waals surface area contributed by atoms with E-state index in [9.17, 15) is 24.3 Å². The molecule has 5 aromatic carbocycles. The van der Waals surface area contributed by atoms with Crippen LogP contribution in [0.4, 0.5) is 23.5 Å². The first-order valence-electron chi connectivity index (χ1n) is 37.0. The number of nitrogens with zero attached hydrogens (tertiary/aromatic N) is 20. The lowest BCUT2D eigenvalue weighted by Crippen LogP contribution is -2.51. The van der Waals surface area contributed by atoms with Crippen LogP contribution in [0.5, 0.6) is 28.7 Å². The first-order valence-corrected chi connectivity index (χ1v) is 37.9. The normalized spacial score (nSPS) is 13.0. The van der Waals surface area contributed by atoms with E-state index in [0.29, 0.717) is 147 Å². The number of aromatic nitrogens is 18. The van der Waals surface area contributed by atoms with E-state index >= 15 is 0 Å². The summed E-state index contributed by atoms with van der Waals surface area (Å²) in [7, 11) is 10.6. The zero-order valence-electron chi connectivity index (χ0n) is 65.7. The van der Waals surface area contributed by atoms with E-state index < -0.39 is 34.9 Å². The molecule has 618 valence electrons. The van der Waals surface area contributed by atoms with Gasteiger partial charge in [-0.25, -0.2) is 38.6 Å². The number of hydrogen-bond acceptors (Lipinski definition) is 31. The number of methoxy groups -OCH3 is 7. The third-order valence-corrected chi connectivity index (χ3v) is 20.4. The lowest BCUT2D eigenvalue weighted by Gasteiger charge is -2.37. The maximum Gasteiger partial charge on any atom is 0.335 e. The minimum Gasteiger partial charge on any atom is -0.497 e. The molecule has 39 nitrogen and oxygen atoms in total. The molecule has 1 fully saturated rings. The highest BCUT2D eigenvalue weighted by Gasteiger charge is 2.35. The van der Waals surface area contributed by atoms with Crippen molar-refractivity contribution in [3.63, 3.8) is 0 Å². The van der Waals surface area contributed by atoms with Crippen LogP contribution in [0.3, 0.4) is 0 Å². The van der Waals surface area contributed by atoms with Crippen LogP contribution in [0.25, 0.3) is 84.8 Å². The Hall–Kier alpha value is -15.5. The van der Waals surface area contributed by atoms with Gasteiger partial charge in [0.2, 0.25) is 35.3 Å². The Morgan fingerprint density at radius 2 is 0.777 bits per heavy atom. The predicted molar refractivity (Wildman–Crippen MR) is 441 cm³/mol. The van der Waals surface area contributed by atoms with Gasteiger partial charge in [0.15, 0.2) is 69.3 Å². The van der Waals surface area contributed by atoms with Crippen LogP contribution in [0.1, 0.15) is 45.2 Å². The number of benzene rings is 5. The maximum atomic E-state index is 14.4. The second kappa shape index (κ2) is 35.5. The molecule has 7 N–H and O–H groups in total. The Bertz CT molecular complexity index is 6470. The van der Waals surface area contributed by atoms with E-state index in [2.05, 4.69) is 86.1 Å². The van der Waals surface area contributed by atoms with Crippen LogP contribution < -0.4 is 45.8 Å². The Kier molecular flexibility index (Phi) is 23.7. The lowest BCUT2D eigenvalue weighted by atomic mass is 10.0. The molecule has 0 aliphatic carbocycles. The molecule has 1 saturated heterocycles. The standard InChI is InChI=1S/C32H33N9O5.C20H17N7O4.C19H15N7O4.C10H11BrO3/c1-43-18-19-45-24-11-7-22(8-12-24)38-13-15-39(16-14-38)31(42)27(21-5-9-23(44-2)10-6-21)40-30-25(20-34-40)29-35-28(26-4-3-17-46-26)37-41(29)32(33)36-30;1-29-12-7-5-11(6-8-12)15(19(28)30-2)26-18-13(10-22-26)17-23-16(14-4-3-9-31-14)25-27(17)20(21)24-18;1-29-11-6-4-10(5-7-11)14(18(27)28)25-17-12(9-21-25)16-22-15(13-3-2-8-30-13)24-26(16)19(20)23-17;1-13-8-5-3-7(4-6-8)9(11)10(12)14-2/h3-12,17,20,27H,13-16,18-19H2,1-2H3,(H2,33,36);3-10,15H,1-2H3,(H2,21,24);2-9,14H,1H3,(H2,20,23)(H,27,28);3-6,9H,1-2H3. The van der Waals surface area contributed by atoms with Crippen molar-refractivity contribution in [1.82, 2.24) is 93.0 Å². The highest BCUT2D eigenvalue weighted by Crippen LogP contribution is 2.35. The molecule has 17 aromatic rings. The first-order chi connectivity index (χ1) is 58.9. The Morgan fingerprint density at radius 3 is 1.13 bits per heavy atom. The van der Waals surface area contributed by atoms with Crippen LogP contribution in [-0.4, -0.2) is 211 Å². The van der Waals surface area contributed by atoms with Crippen molar-refractivity contribution < 1.29 is 75.4 Å². The van der Waals surface area contributed by atoms with E-state index in [4.69, 9.17) is 63.6 Å². The SMILES string of the molecule is COC(=O)C(Br)c1ccc(OC)cc1.COC(=O)C(c1ccc(OC)cc1)n1ncc2c1nc(N)n1nc(-c3ccco3)nc21.COCCOc1ccc(N2CCN(C(=O)C(c3ccc(OC)cc3)n3ncc4c3nc(N)n3nc(-c5ccco5)nc43)CC2)cc1.COc1ccc(C(C(=O)O)n2ncc3c2nc(N)n2nc(-c4ccco4)nc32)cc1. The Balaban J connectivity index is 0.000000134. The maximum absolute atomic E-state index is 14.4. The second-order valence-corrected chi connectivity index (χ2v) is 27.4. The monoisotopic (exact) mass is 1710 g/mol. The molecule has 1 aliphatic rings. The van der Waals surface area contributed by atoms with E-state index in [1.54, 1.807) is 149 Å². The number of hydrogen-bond donors (Lipinski definition) is 4. The molecule has 18 rings (SSSR count). The van der Waals surface area contributed by atoms with Crippen molar-refractivity contribution in [3.8, 4) is 63.5 Å². The number of ether oxygens (including phenoxy) is 8. The number of furan rings is 3. The zero-order chi connectivity index (χ0) is 84.5. The van der Waals surface area contributed by atoms with Gasteiger partial charge in [0.25, 0.3) is 5.91 Å². The van der Waals surface area contributed by atoms with Crippen LogP contribution >= 0.6 is 15.9 Å². The molecule has 4 unspecified atom stereocenters. The summed E-state index contributed by atoms with van der Waals surface area (Å²) in [5.74, 6) is 4.27. The van der Waals surface area contributed by atoms with Crippen molar-refractivity contribution in [1.29, 1.82) is 0 Å². The topological polar surface area (TPSA) is 469 Å². The quantitative estimate of drug-likeness (QED) is 0.0263. The number of carboxylic acids is 1. The molecule has 40 heteroatoms. The van der Waals surface area contributed by atoms with Crippen LogP contribution in [0.2, 0.25) is 0 Å². The van der Waals surface area contributed by atoms with Crippen LogP contribution in [0, 0.1) is 0 Å². The number of piperazine rings is 1. The molecule has 0 radical (unpaired) electrons. The van der Waals surface area contributed by atoms with Crippen molar-refractivity contribution in [2.24, 2.45) is 0 Å². The highest BCUT2D eigenvalue weighted by molar-refractivity contribution is 9.09. The van der Waals surface area contributed by atoms with Gasteiger partial charge in [-0.15, -0.1) is 15.3 Å². The first kappa shape index (κ1) is 80.7. The van der Waals surface area contributed by atoms with Gasteiger partial charge >= 0.3 is 17.9 Å². The summed E-state index contributed by atoms with van der Waals surface area (Å²) in [6.45, 7) is 3.44. The molecule has 0 spiro atoms.